The fraction of sp³-hybridized carbons (Fsp3) is 0.333. The molecule has 1 saturated heterocycles. The SMILES string of the molecule is COc1ccc(Br)cc1S(=O)(=O)N1CCC(COc2cccc3nc(N)nc(N)c23)CC1. The Morgan fingerprint density at radius 1 is 1.12 bits per heavy atom. The lowest BCUT2D eigenvalue weighted by atomic mass is 9.99. The third-order valence-corrected chi connectivity index (χ3v) is 7.93. The molecule has 9 nitrogen and oxygen atoms in total. The molecule has 3 aromatic rings. The summed E-state index contributed by atoms with van der Waals surface area (Å²) in [7, 11) is -2.20. The van der Waals surface area contributed by atoms with Gasteiger partial charge < -0.3 is 20.9 Å². The number of benzene rings is 2. The van der Waals surface area contributed by atoms with Crippen molar-refractivity contribution in [3.8, 4) is 11.5 Å². The molecular weight excluding hydrogens is 498 g/mol. The van der Waals surface area contributed by atoms with Crippen molar-refractivity contribution in [1.82, 2.24) is 14.3 Å². The molecule has 11 heteroatoms. The second-order valence-electron chi connectivity index (χ2n) is 7.57. The number of hydrogen-bond acceptors (Lipinski definition) is 8. The summed E-state index contributed by atoms with van der Waals surface area (Å²) in [5.41, 5.74) is 12.3. The zero-order chi connectivity index (χ0) is 22.9. The van der Waals surface area contributed by atoms with Crippen LogP contribution in [0.4, 0.5) is 11.8 Å². The molecule has 0 amide bonds. The standard InChI is InChI=1S/C21H24BrN5O4S/c1-30-16-6-5-14(22)11-18(16)32(28,29)27-9-7-13(8-10-27)12-31-17-4-2-3-15-19(17)20(23)26-21(24)25-15/h2-6,11,13H,7-10,12H2,1H3,(H4,23,24,25,26). The maximum absolute atomic E-state index is 13.2. The van der Waals surface area contributed by atoms with Crippen LogP contribution in [0.2, 0.25) is 0 Å². The Bertz CT molecular complexity index is 1250. The fourth-order valence-corrected chi connectivity index (χ4v) is 6.00. The van der Waals surface area contributed by atoms with E-state index in [1.54, 1.807) is 24.3 Å². The molecule has 32 heavy (non-hydrogen) atoms. The van der Waals surface area contributed by atoms with E-state index in [2.05, 4.69) is 25.9 Å². The quantitative estimate of drug-likeness (QED) is 0.505. The highest BCUT2D eigenvalue weighted by atomic mass is 79.9. The third-order valence-electron chi connectivity index (χ3n) is 5.52. The first-order valence-corrected chi connectivity index (χ1v) is 12.3. The molecule has 1 aliphatic rings. The largest absolute Gasteiger partial charge is 0.495 e. The van der Waals surface area contributed by atoms with Gasteiger partial charge >= 0.3 is 0 Å². The van der Waals surface area contributed by atoms with Crippen LogP contribution in [0.25, 0.3) is 10.9 Å². The van der Waals surface area contributed by atoms with Gasteiger partial charge in [-0.2, -0.15) is 9.29 Å². The number of methoxy groups -OCH3 is 1. The van der Waals surface area contributed by atoms with Crippen molar-refractivity contribution in [1.29, 1.82) is 0 Å². The van der Waals surface area contributed by atoms with E-state index in [1.807, 2.05) is 12.1 Å². The molecule has 4 rings (SSSR count). The van der Waals surface area contributed by atoms with E-state index in [0.717, 1.165) is 0 Å². The number of sulfonamides is 1. The minimum Gasteiger partial charge on any atom is -0.495 e. The zero-order valence-corrected chi connectivity index (χ0v) is 19.9. The summed E-state index contributed by atoms with van der Waals surface area (Å²) in [5.74, 6) is 1.51. The van der Waals surface area contributed by atoms with Gasteiger partial charge in [-0.25, -0.2) is 13.4 Å². The Morgan fingerprint density at radius 3 is 2.59 bits per heavy atom. The molecule has 0 aliphatic carbocycles. The van der Waals surface area contributed by atoms with Crippen LogP contribution in [-0.2, 0) is 10.0 Å². The van der Waals surface area contributed by atoms with E-state index < -0.39 is 10.0 Å². The lowest BCUT2D eigenvalue weighted by molar-refractivity contribution is 0.186. The Labute approximate surface area is 194 Å². The molecule has 0 spiro atoms. The van der Waals surface area contributed by atoms with E-state index in [1.165, 1.54) is 11.4 Å². The predicted molar refractivity (Wildman–Crippen MR) is 126 cm³/mol. The monoisotopic (exact) mass is 521 g/mol. The van der Waals surface area contributed by atoms with Gasteiger partial charge in [-0.15, -0.1) is 0 Å². The molecule has 2 aromatic carbocycles. The maximum Gasteiger partial charge on any atom is 0.246 e. The second-order valence-corrected chi connectivity index (χ2v) is 10.4. The highest BCUT2D eigenvalue weighted by Gasteiger charge is 2.32. The van der Waals surface area contributed by atoms with E-state index in [9.17, 15) is 8.42 Å². The number of nitrogens with zero attached hydrogens (tertiary/aromatic N) is 3. The van der Waals surface area contributed by atoms with E-state index in [-0.39, 0.29) is 22.6 Å². The van der Waals surface area contributed by atoms with Crippen LogP contribution < -0.4 is 20.9 Å². The average Bonchev–Trinajstić information content (AvgIpc) is 2.77. The Hall–Kier alpha value is -2.63. The third kappa shape index (κ3) is 4.45. The minimum atomic E-state index is -3.66. The van der Waals surface area contributed by atoms with Gasteiger partial charge in [-0.3, -0.25) is 0 Å². The van der Waals surface area contributed by atoms with Crippen molar-refractivity contribution in [3.63, 3.8) is 0 Å². The van der Waals surface area contributed by atoms with Gasteiger partial charge in [0.15, 0.2) is 0 Å². The number of fused-ring (bicyclic) bond motifs is 1. The lowest BCUT2D eigenvalue weighted by Crippen LogP contribution is -2.39. The summed E-state index contributed by atoms with van der Waals surface area (Å²) in [4.78, 5) is 8.38. The summed E-state index contributed by atoms with van der Waals surface area (Å²) >= 11 is 3.34. The van der Waals surface area contributed by atoms with Gasteiger partial charge in [0.1, 0.15) is 22.2 Å². The van der Waals surface area contributed by atoms with Crippen LogP contribution in [0.5, 0.6) is 11.5 Å². The van der Waals surface area contributed by atoms with Crippen molar-refractivity contribution in [2.45, 2.75) is 17.7 Å². The normalized spacial score (nSPS) is 15.7. The van der Waals surface area contributed by atoms with Gasteiger partial charge in [-0.05, 0) is 49.1 Å². The van der Waals surface area contributed by atoms with Crippen molar-refractivity contribution in [2.24, 2.45) is 5.92 Å². The molecule has 0 atom stereocenters. The molecule has 4 N–H and O–H groups in total. The molecule has 2 heterocycles. The van der Waals surface area contributed by atoms with Crippen molar-refractivity contribution < 1.29 is 17.9 Å². The summed E-state index contributed by atoms with van der Waals surface area (Å²) in [6, 6.07) is 10.4. The molecule has 1 aliphatic heterocycles. The van der Waals surface area contributed by atoms with Crippen LogP contribution in [0.15, 0.2) is 45.8 Å². The smallest absolute Gasteiger partial charge is 0.246 e. The molecule has 170 valence electrons. The molecular formula is C21H24BrN5O4S. The second kappa shape index (κ2) is 9.08. The van der Waals surface area contributed by atoms with Crippen molar-refractivity contribution >= 4 is 48.6 Å². The number of piperidine rings is 1. The van der Waals surface area contributed by atoms with Gasteiger partial charge in [0.25, 0.3) is 0 Å². The first-order chi connectivity index (χ1) is 15.3. The fourth-order valence-electron chi connectivity index (χ4n) is 3.83. The van der Waals surface area contributed by atoms with Gasteiger partial charge in [0.05, 0.1) is 24.6 Å². The van der Waals surface area contributed by atoms with E-state index in [0.29, 0.717) is 59.4 Å². The molecule has 0 unspecified atom stereocenters. The Morgan fingerprint density at radius 2 is 1.88 bits per heavy atom. The zero-order valence-electron chi connectivity index (χ0n) is 17.5. The summed E-state index contributed by atoms with van der Waals surface area (Å²) in [6.45, 7) is 1.25. The van der Waals surface area contributed by atoms with Crippen LogP contribution >= 0.6 is 15.9 Å². The first kappa shape index (κ1) is 22.6. The number of halogens is 1. The highest BCUT2D eigenvalue weighted by molar-refractivity contribution is 9.10. The number of ether oxygens (including phenoxy) is 2. The number of nitrogen functional groups attached to an aromatic ring is 2. The van der Waals surface area contributed by atoms with Crippen LogP contribution in [0, 0.1) is 5.92 Å². The van der Waals surface area contributed by atoms with Crippen molar-refractivity contribution in [2.75, 3.05) is 38.3 Å². The van der Waals surface area contributed by atoms with Crippen molar-refractivity contribution in [3.05, 3.63) is 40.9 Å². The summed E-state index contributed by atoms with van der Waals surface area (Å²) < 4.78 is 39.8. The number of hydrogen-bond donors (Lipinski definition) is 2. The van der Waals surface area contributed by atoms with Gasteiger partial charge in [-0.1, -0.05) is 22.0 Å². The Balaban J connectivity index is 1.43. The van der Waals surface area contributed by atoms with Crippen LogP contribution in [-0.4, -0.2) is 49.5 Å². The molecule has 0 bridgehead atoms. The van der Waals surface area contributed by atoms with Crippen LogP contribution in [0.1, 0.15) is 12.8 Å². The van der Waals surface area contributed by atoms with Crippen LogP contribution in [0.3, 0.4) is 0 Å². The minimum absolute atomic E-state index is 0.114. The predicted octanol–water partition coefficient (Wildman–Crippen LogP) is 3.04. The van der Waals surface area contributed by atoms with E-state index >= 15 is 0 Å². The summed E-state index contributed by atoms with van der Waals surface area (Å²) in [5, 5.41) is 0.628. The lowest BCUT2D eigenvalue weighted by Gasteiger charge is -2.31. The Kier molecular flexibility index (Phi) is 6.40. The number of rotatable bonds is 6. The highest BCUT2D eigenvalue weighted by Crippen LogP contribution is 2.33. The first-order valence-electron chi connectivity index (χ1n) is 10.1. The number of aromatic nitrogens is 2. The molecule has 1 aromatic heterocycles. The van der Waals surface area contributed by atoms with Gasteiger partial charge in [0.2, 0.25) is 16.0 Å². The molecule has 0 radical (unpaired) electrons. The number of nitrogens with two attached hydrogens (primary N) is 2. The summed E-state index contributed by atoms with van der Waals surface area (Å²) in [6.07, 6.45) is 1.36. The van der Waals surface area contributed by atoms with Gasteiger partial charge in [0, 0.05) is 17.6 Å². The molecule has 1 fully saturated rings. The number of anilines is 2. The maximum atomic E-state index is 13.2. The topological polar surface area (TPSA) is 134 Å². The van der Waals surface area contributed by atoms with E-state index in [4.69, 9.17) is 20.9 Å². The average molecular weight is 522 g/mol. The molecule has 0 saturated carbocycles.